The Balaban J connectivity index is 1.59. The third-order valence-corrected chi connectivity index (χ3v) is 6.65. The zero-order valence-corrected chi connectivity index (χ0v) is 15.8. The summed E-state index contributed by atoms with van der Waals surface area (Å²) < 4.78 is 8.40. The van der Waals surface area contributed by atoms with E-state index in [1.165, 1.54) is 56.3 Å². The van der Waals surface area contributed by atoms with Gasteiger partial charge in [0.15, 0.2) is 0 Å². The van der Waals surface area contributed by atoms with Gasteiger partial charge in [0.1, 0.15) is 0 Å². The van der Waals surface area contributed by atoms with Crippen LogP contribution in [-0.2, 0) is 4.74 Å². The van der Waals surface area contributed by atoms with Gasteiger partial charge in [-0.15, -0.1) is 0 Å². The summed E-state index contributed by atoms with van der Waals surface area (Å²) in [6, 6.07) is 3.01. The van der Waals surface area contributed by atoms with Crippen molar-refractivity contribution in [1.82, 2.24) is 9.47 Å². The van der Waals surface area contributed by atoms with Crippen molar-refractivity contribution in [3.8, 4) is 0 Å². The minimum absolute atomic E-state index is 0.232. The van der Waals surface area contributed by atoms with Crippen molar-refractivity contribution in [2.45, 2.75) is 89.8 Å². The minimum atomic E-state index is 0.232. The van der Waals surface area contributed by atoms with Crippen LogP contribution >= 0.6 is 0 Å². The van der Waals surface area contributed by atoms with Gasteiger partial charge in [0, 0.05) is 24.0 Å². The number of nitrogens with zero attached hydrogens (tertiary/aromatic N) is 2. The molecule has 4 nitrogen and oxygen atoms in total. The SMILES string of the molecule is Cc1cc(C(=O)N2CCOC3CCCCC32)c(C)n1C1CCCCC1. The van der Waals surface area contributed by atoms with Crippen LogP contribution in [0.2, 0.25) is 0 Å². The molecule has 2 atom stereocenters. The lowest BCUT2D eigenvalue weighted by Crippen LogP contribution is -2.54. The normalized spacial score (nSPS) is 28.0. The molecule has 2 heterocycles. The van der Waals surface area contributed by atoms with Crippen molar-refractivity contribution in [1.29, 1.82) is 0 Å². The Hall–Kier alpha value is -1.29. The first-order valence-electron chi connectivity index (χ1n) is 10.3. The molecular weight excluding hydrogens is 312 g/mol. The molecule has 25 heavy (non-hydrogen) atoms. The molecular formula is C21H32N2O2. The van der Waals surface area contributed by atoms with Gasteiger partial charge < -0.3 is 14.2 Å². The van der Waals surface area contributed by atoms with Gasteiger partial charge in [0.25, 0.3) is 5.91 Å². The second kappa shape index (κ2) is 7.14. The fourth-order valence-electron chi connectivity index (χ4n) is 5.40. The number of amides is 1. The monoisotopic (exact) mass is 344 g/mol. The number of aromatic nitrogens is 1. The van der Waals surface area contributed by atoms with Crippen LogP contribution in [-0.4, -0.2) is 40.7 Å². The van der Waals surface area contributed by atoms with Gasteiger partial charge in [0.05, 0.1) is 24.3 Å². The topological polar surface area (TPSA) is 34.5 Å². The molecule has 4 heteroatoms. The number of fused-ring (bicyclic) bond motifs is 1. The number of hydrogen-bond donors (Lipinski definition) is 0. The largest absolute Gasteiger partial charge is 0.374 e. The fraction of sp³-hybridized carbons (Fsp3) is 0.762. The molecule has 2 aliphatic carbocycles. The summed E-state index contributed by atoms with van der Waals surface area (Å²) in [5.41, 5.74) is 3.35. The van der Waals surface area contributed by atoms with Crippen LogP contribution in [0.3, 0.4) is 0 Å². The second-order valence-corrected chi connectivity index (χ2v) is 8.21. The summed E-state index contributed by atoms with van der Waals surface area (Å²) in [4.78, 5) is 15.5. The summed E-state index contributed by atoms with van der Waals surface area (Å²) in [6.07, 6.45) is 11.4. The number of hydrogen-bond acceptors (Lipinski definition) is 2. The number of ether oxygens (including phenoxy) is 1. The van der Waals surface area contributed by atoms with Gasteiger partial charge in [-0.05, 0) is 45.6 Å². The van der Waals surface area contributed by atoms with E-state index in [-0.39, 0.29) is 18.1 Å². The van der Waals surface area contributed by atoms with Gasteiger partial charge >= 0.3 is 0 Å². The predicted octanol–water partition coefficient (Wildman–Crippen LogP) is 4.39. The van der Waals surface area contributed by atoms with Crippen molar-refractivity contribution in [2.24, 2.45) is 0 Å². The summed E-state index contributed by atoms with van der Waals surface area (Å²) in [5, 5.41) is 0. The van der Waals surface area contributed by atoms with Crippen LogP contribution in [0.25, 0.3) is 0 Å². The lowest BCUT2D eigenvalue weighted by atomic mass is 9.89. The maximum atomic E-state index is 13.4. The van der Waals surface area contributed by atoms with Crippen LogP contribution in [0.1, 0.15) is 85.6 Å². The van der Waals surface area contributed by atoms with Crippen LogP contribution in [0.5, 0.6) is 0 Å². The van der Waals surface area contributed by atoms with Crippen molar-refractivity contribution in [3.63, 3.8) is 0 Å². The number of carbonyl (C=O) groups excluding carboxylic acids is 1. The average molecular weight is 344 g/mol. The van der Waals surface area contributed by atoms with Crippen LogP contribution in [0.15, 0.2) is 6.07 Å². The molecule has 138 valence electrons. The molecule has 3 aliphatic rings. The number of aryl methyl sites for hydroxylation is 1. The summed E-state index contributed by atoms with van der Waals surface area (Å²) >= 11 is 0. The van der Waals surface area contributed by atoms with E-state index in [0.29, 0.717) is 12.6 Å². The molecule has 2 unspecified atom stereocenters. The molecule has 1 amide bonds. The van der Waals surface area contributed by atoms with Crippen LogP contribution in [0, 0.1) is 13.8 Å². The average Bonchev–Trinajstić information content (AvgIpc) is 2.95. The lowest BCUT2D eigenvalue weighted by molar-refractivity contribution is -0.0753. The van der Waals surface area contributed by atoms with E-state index in [2.05, 4.69) is 29.4 Å². The summed E-state index contributed by atoms with van der Waals surface area (Å²) in [7, 11) is 0. The Kier molecular flexibility index (Phi) is 4.90. The maximum absolute atomic E-state index is 13.4. The molecule has 0 radical (unpaired) electrons. The smallest absolute Gasteiger partial charge is 0.256 e. The highest BCUT2D eigenvalue weighted by Crippen LogP contribution is 2.34. The lowest BCUT2D eigenvalue weighted by Gasteiger charge is -2.43. The Morgan fingerprint density at radius 2 is 1.76 bits per heavy atom. The second-order valence-electron chi connectivity index (χ2n) is 8.21. The van der Waals surface area contributed by atoms with Crippen molar-refractivity contribution in [3.05, 3.63) is 23.0 Å². The minimum Gasteiger partial charge on any atom is -0.374 e. The summed E-state index contributed by atoms with van der Waals surface area (Å²) in [6.45, 7) is 5.75. The van der Waals surface area contributed by atoms with E-state index in [0.717, 1.165) is 24.9 Å². The third-order valence-electron chi connectivity index (χ3n) is 6.65. The molecule has 0 bridgehead atoms. The van der Waals surface area contributed by atoms with Crippen molar-refractivity contribution >= 4 is 5.91 Å². The molecule has 3 fully saturated rings. The molecule has 0 spiro atoms. The van der Waals surface area contributed by atoms with Gasteiger partial charge in [-0.3, -0.25) is 4.79 Å². The van der Waals surface area contributed by atoms with E-state index in [4.69, 9.17) is 4.74 Å². The van der Waals surface area contributed by atoms with Crippen LogP contribution in [0.4, 0.5) is 0 Å². The fourth-order valence-corrected chi connectivity index (χ4v) is 5.40. The molecule has 0 aromatic carbocycles. The molecule has 0 N–H and O–H groups in total. The van der Waals surface area contributed by atoms with Gasteiger partial charge in [-0.2, -0.15) is 0 Å². The van der Waals surface area contributed by atoms with Crippen molar-refractivity contribution < 1.29 is 9.53 Å². The number of morpholine rings is 1. The predicted molar refractivity (Wildman–Crippen MR) is 99.1 cm³/mol. The first kappa shape index (κ1) is 17.1. The van der Waals surface area contributed by atoms with E-state index >= 15 is 0 Å². The molecule has 1 aliphatic heterocycles. The Bertz CT molecular complexity index is 628. The zero-order chi connectivity index (χ0) is 17.4. The molecule has 1 saturated heterocycles. The van der Waals surface area contributed by atoms with Crippen molar-refractivity contribution in [2.75, 3.05) is 13.2 Å². The Labute approximate surface area is 151 Å². The van der Waals surface area contributed by atoms with E-state index in [1.807, 2.05) is 0 Å². The van der Waals surface area contributed by atoms with Gasteiger partial charge in [-0.1, -0.05) is 32.1 Å². The third kappa shape index (κ3) is 3.14. The first-order chi connectivity index (χ1) is 12.2. The molecule has 2 saturated carbocycles. The molecule has 4 rings (SSSR count). The van der Waals surface area contributed by atoms with E-state index in [1.54, 1.807) is 0 Å². The molecule has 1 aromatic heterocycles. The standard InChI is InChI=1S/C21H32N2O2/c1-15-14-18(16(2)23(15)17-8-4-3-5-9-17)21(24)22-12-13-25-20-11-7-6-10-19(20)22/h14,17,19-20H,3-13H2,1-2H3. The van der Waals surface area contributed by atoms with Gasteiger partial charge in [0.2, 0.25) is 0 Å². The molecule has 1 aromatic rings. The number of carbonyl (C=O) groups is 1. The zero-order valence-electron chi connectivity index (χ0n) is 15.8. The van der Waals surface area contributed by atoms with Crippen LogP contribution < -0.4 is 0 Å². The highest BCUT2D eigenvalue weighted by molar-refractivity contribution is 5.96. The first-order valence-corrected chi connectivity index (χ1v) is 10.3. The van der Waals surface area contributed by atoms with Gasteiger partial charge in [-0.25, -0.2) is 0 Å². The quantitative estimate of drug-likeness (QED) is 0.797. The Morgan fingerprint density at radius 1 is 1.04 bits per heavy atom. The van der Waals surface area contributed by atoms with E-state index in [9.17, 15) is 4.79 Å². The van der Waals surface area contributed by atoms with E-state index < -0.39 is 0 Å². The summed E-state index contributed by atoms with van der Waals surface area (Å²) in [5.74, 6) is 0.232. The highest BCUT2D eigenvalue weighted by atomic mass is 16.5. The maximum Gasteiger partial charge on any atom is 0.256 e. The highest BCUT2D eigenvalue weighted by Gasteiger charge is 2.38. The number of rotatable bonds is 2. The Morgan fingerprint density at radius 3 is 2.56 bits per heavy atom.